The number of nitrogens with one attached hydrogen (secondary N) is 4. The van der Waals surface area contributed by atoms with E-state index >= 15 is 0 Å². The minimum Gasteiger partial charge on any atom is -0.426 e. The van der Waals surface area contributed by atoms with Gasteiger partial charge >= 0.3 is 7.12 Å². The molecule has 0 bridgehead atoms. The van der Waals surface area contributed by atoms with Crippen LogP contribution in [0, 0.1) is 0 Å². The Morgan fingerprint density at radius 3 is 1.95 bits per heavy atom. The highest BCUT2D eigenvalue weighted by atomic mass is 16.4. The molecule has 1 rings (SSSR count). The first-order valence-electron chi connectivity index (χ1n) is 14.7. The first-order chi connectivity index (χ1) is 20.5. The normalized spacial score (nSPS) is 13.6. The molecule has 14 nitrogen and oxygen atoms in total. The van der Waals surface area contributed by atoms with Crippen molar-refractivity contribution in [3.8, 4) is 0 Å². The van der Waals surface area contributed by atoms with E-state index in [9.17, 15) is 39.1 Å². The van der Waals surface area contributed by atoms with Crippen LogP contribution in [0.5, 0.6) is 0 Å². The first kappa shape index (κ1) is 37.5. The molecule has 5 amide bonds. The van der Waals surface area contributed by atoms with Crippen LogP contribution in [0.2, 0.25) is 0 Å². The van der Waals surface area contributed by atoms with E-state index in [1.165, 1.54) is 0 Å². The number of benzene rings is 1. The molecule has 1 aromatic rings. The van der Waals surface area contributed by atoms with Gasteiger partial charge in [0.2, 0.25) is 29.5 Å². The second-order valence-electron chi connectivity index (χ2n) is 10.4. The summed E-state index contributed by atoms with van der Waals surface area (Å²) in [4.78, 5) is 63.1. The molecule has 1 aromatic carbocycles. The minimum absolute atomic E-state index is 0.122. The maximum Gasteiger partial charge on any atom is 0.475 e. The van der Waals surface area contributed by atoms with E-state index in [1.807, 2.05) is 6.92 Å². The quantitative estimate of drug-likeness (QED) is 0.0530. The van der Waals surface area contributed by atoms with Gasteiger partial charge in [0.25, 0.3) is 0 Å². The summed E-state index contributed by atoms with van der Waals surface area (Å²) in [6.07, 6.45) is 3.26. The van der Waals surface area contributed by atoms with Crippen LogP contribution in [-0.2, 0) is 30.4 Å². The molecule has 0 saturated heterocycles. The number of aliphatic hydroxyl groups is 1. The first-order valence-corrected chi connectivity index (χ1v) is 14.7. The summed E-state index contributed by atoms with van der Waals surface area (Å²) in [5.74, 6) is -4.56. The summed E-state index contributed by atoms with van der Waals surface area (Å²) < 4.78 is 0. The zero-order chi connectivity index (χ0) is 32.2. The van der Waals surface area contributed by atoms with Crippen molar-refractivity contribution in [1.82, 2.24) is 21.3 Å². The average Bonchev–Trinajstić information content (AvgIpc) is 2.97. The Morgan fingerprint density at radius 1 is 0.791 bits per heavy atom. The lowest BCUT2D eigenvalue weighted by Crippen LogP contribution is -2.59. The Labute approximate surface area is 252 Å². The molecule has 0 aromatic heterocycles. The summed E-state index contributed by atoms with van der Waals surface area (Å²) >= 11 is 0. The summed E-state index contributed by atoms with van der Waals surface area (Å²) in [5, 5.41) is 39.5. The highest BCUT2D eigenvalue weighted by molar-refractivity contribution is 6.43. The zero-order valence-electron chi connectivity index (χ0n) is 24.8. The number of hydrogen-bond donors (Lipinski definition) is 9. The van der Waals surface area contributed by atoms with E-state index in [-0.39, 0.29) is 32.1 Å². The fraction of sp³-hybridized carbons (Fsp3) is 0.607. The molecule has 15 heteroatoms. The van der Waals surface area contributed by atoms with Gasteiger partial charge in [-0.25, -0.2) is 0 Å². The van der Waals surface area contributed by atoms with Crippen LogP contribution in [0.4, 0.5) is 0 Å². The van der Waals surface area contributed by atoms with Gasteiger partial charge in [-0.05, 0) is 44.2 Å². The lowest BCUT2D eigenvalue weighted by Gasteiger charge is -2.26. The van der Waals surface area contributed by atoms with E-state index < -0.39 is 67.3 Å². The molecule has 0 spiro atoms. The van der Waals surface area contributed by atoms with E-state index in [1.54, 1.807) is 30.3 Å². The minimum atomic E-state index is -1.87. The maximum atomic E-state index is 13.3. The second-order valence-corrected chi connectivity index (χ2v) is 10.4. The standard InChI is InChI=1S/C28H47BN6O8/c1-2-3-12-20(27(40)35-23(29(42)43)17-19-10-6-4-7-11-19)33-26(39)21(14-15-24(31)37)34-28(41)22(18-36)32-25(38)13-8-5-9-16-30/h4,6-7,10-11,20-23,36,42-43H,2-3,5,8-9,12-18,30H2,1H3,(H2,31,37)(H,32,38)(H,33,39)(H,34,41)(H,35,40)/t20-,21-,22-,23+/m0/s1. The van der Waals surface area contributed by atoms with Crippen LogP contribution in [-0.4, -0.2) is 89.0 Å². The number of carbonyl (C=O) groups is 5. The van der Waals surface area contributed by atoms with Gasteiger partial charge in [0.1, 0.15) is 18.1 Å². The summed E-state index contributed by atoms with van der Waals surface area (Å²) in [6.45, 7) is 1.65. The summed E-state index contributed by atoms with van der Waals surface area (Å²) in [7, 11) is -1.87. The SMILES string of the molecule is CCCC[C@H](NC(=O)[C@H](CCC(N)=O)NC(=O)[C@H](CO)NC(=O)CCCCCN)C(=O)N[C@H](Cc1ccccc1)B(O)O. The zero-order valence-corrected chi connectivity index (χ0v) is 24.8. The van der Waals surface area contributed by atoms with Crippen LogP contribution in [0.3, 0.4) is 0 Å². The molecule has 240 valence electrons. The van der Waals surface area contributed by atoms with Crippen molar-refractivity contribution in [3.05, 3.63) is 35.9 Å². The van der Waals surface area contributed by atoms with Crippen LogP contribution in [0.15, 0.2) is 30.3 Å². The molecule has 0 aliphatic rings. The third kappa shape index (κ3) is 15.5. The van der Waals surface area contributed by atoms with Gasteiger partial charge in [0, 0.05) is 12.8 Å². The van der Waals surface area contributed by atoms with Gasteiger partial charge in [0.05, 0.1) is 12.5 Å². The van der Waals surface area contributed by atoms with E-state index in [0.29, 0.717) is 25.8 Å². The topological polar surface area (TPSA) is 246 Å². The van der Waals surface area contributed by atoms with Gasteiger partial charge in [-0.3, -0.25) is 24.0 Å². The predicted octanol–water partition coefficient (Wildman–Crippen LogP) is -1.85. The van der Waals surface area contributed by atoms with Gasteiger partial charge in [-0.15, -0.1) is 0 Å². The van der Waals surface area contributed by atoms with Crippen molar-refractivity contribution < 1.29 is 39.1 Å². The third-order valence-electron chi connectivity index (χ3n) is 6.72. The van der Waals surface area contributed by atoms with Crippen molar-refractivity contribution in [3.63, 3.8) is 0 Å². The number of aliphatic hydroxyl groups excluding tert-OH is 1. The molecule has 11 N–H and O–H groups in total. The van der Waals surface area contributed by atoms with Crippen molar-refractivity contribution in [1.29, 1.82) is 0 Å². The number of nitrogens with two attached hydrogens (primary N) is 2. The van der Waals surface area contributed by atoms with Crippen molar-refractivity contribution >= 4 is 36.7 Å². The van der Waals surface area contributed by atoms with Gasteiger partial charge < -0.3 is 47.9 Å². The highest BCUT2D eigenvalue weighted by Gasteiger charge is 2.32. The average molecular weight is 607 g/mol. The number of amides is 5. The Bertz CT molecular complexity index is 1020. The molecule has 0 aliphatic heterocycles. The van der Waals surface area contributed by atoms with Crippen LogP contribution >= 0.6 is 0 Å². The largest absolute Gasteiger partial charge is 0.475 e. The fourth-order valence-electron chi connectivity index (χ4n) is 4.23. The lowest BCUT2D eigenvalue weighted by molar-refractivity contribution is -0.134. The number of unbranched alkanes of at least 4 members (excludes halogenated alkanes) is 3. The molecule has 0 saturated carbocycles. The molecule has 0 heterocycles. The van der Waals surface area contributed by atoms with Crippen LogP contribution in [0.1, 0.15) is 70.3 Å². The Morgan fingerprint density at radius 2 is 1.40 bits per heavy atom. The van der Waals surface area contributed by atoms with Gasteiger partial charge in [-0.1, -0.05) is 56.5 Å². The Balaban J connectivity index is 2.99. The molecular weight excluding hydrogens is 559 g/mol. The summed E-state index contributed by atoms with van der Waals surface area (Å²) in [5.41, 5.74) is 11.5. The van der Waals surface area contributed by atoms with E-state index in [4.69, 9.17) is 11.5 Å². The van der Waals surface area contributed by atoms with Crippen molar-refractivity contribution in [2.75, 3.05) is 13.2 Å². The van der Waals surface area contributed by atoms with Crippen molar-refractivity contribution in [2.45, 2.75) is 95.2 Å². The van der Waals surface area contributed by atoms with E-state index in [2.05, 4.69) is 21.3 Å². The summed E-state index contributed by atoms with van der Waals surface area (Å²) in [6, 6.07) is 5.13. The fourth-order valence-corrected chi connectivity index (χ4v) is 4.23. The van der Waals surface area contributed by atoms with Crippen LogP contribution in [0.25, 0.3) is 0 Å². The van der Waals surface area contributed by atoms with Crippen LogP contribution < -0.4 is 32.7 Å². The Hall–Kier alpha value is -3.53. The monoisotopic (exact) mass is 606 g/mol. The molecule has 43 heavy (non-hydrogen) atoms. The third-order valence-corrected chi connectivity index (χ3v) is 6.72. The molecule has 0 fully saturated rings. The number of primary amides is 1. The lowest BCUT2D eigenvalue weighted by atomic mass is 9.75. The smallest absolute Gasteiger partial charge is 0.426 e. The number of carbonyl (C=O) groups excluding carboxylic acids is 5. The molecule has 0 aliphatic carbocycles. The van der Waals surface area contributed by atoms with Crippen molar-refractivity contribution in [2.24, 2.45) is 11.5 Å². The molecule has 4 atom stereocenters. The maximum absolute atomic E-state index is 13.3. The molecule has 0 unspecified atom stereocenters. The number of hydrogen-bond acceptors (Lipinski definition) is 9. The predicted molar refractivity (Wildman–Crippen MR) is 161 cm³/mol. The molecule has 0 radical (unpaired) electrons. The van der Waals surface area contributed by atoms with Gasteiger partial charge in [0.15, 0.2) is 0 Å². The molecular formula is C28H47BN6O8. The second kappa shape index (κ2) is 21.2. The highest BCUT2D eigenvalue weighted by Crippen LogP contribution is 2.08. The Kier molecular flexibility index (Phi) is 18.5. The van der Waals surface area contributed by atoms with Gasteiger partial charge in [-0.2, -0.15) is 0 Å². The van der Waals surface area contributed by atoms with E-state index in [0.717, 1.165) is 18.4 Å². The number of rotatable bonds is 22.